The van der Waals surface area contributed by atoms with Gasteiger partial charge in [0.1, 0.15) is 11.6 Å². The number of esters is 1. The minimum Gasteiger partial charge on any atom is -0.465 e. The van der Waals surface area contributed by atoms with Crippen LogP contribution in [0.15, 0.2) is 29.8 Å². The molecule has 2 atom stereocenters. The first-order valence-electron chi connectivity index (χ1n) is 8.16. The Morgan fingerprint density at radius 3 is 2.50 bits per heavy atom. The van der Waals surface area contributed by atoms with Crippen molar-refractivity contribution < 1.29 is 14.3 Å². The molecular weight excluding hydrogens is 304 g/mol. The maximum Gasteiger partial charge on any atom is 0.337 e. The van der Waals surface area contributed by atoms with E-state index < -0.39 is 5.97 Å². The van der Waals surface area contributed by atoms with E-state index in [2.05, 4.69) is 17.0 Å². The number of benzene rings is 1. The van der Waals surface area contributed by atoms with E-state index >= 15 is 0 Å². The van der Waals surface area contributed by atoms with Crippen LogP contribution in [0.2, 0.25) is 0 Å². The zero-order valence-corrected chi connectivity index (χ0v) is 14.0. The smallest absolute Gasteiger partial charge is 0.337 e. The third-order valence-electron chi connectivity index (χ3n) is 4.44. The van der Waals surface area contributed by atoms with E-state index in [4.69, 9.17) is 0 Å². The summed E-state index contributed by atoms with van der Waals surface area (Å²) in [5.74, 6) is -0.328. The zero-order chi connectivity index (χ0) is 17.5. The summed E-state index contributed by atoms with van der Waals surface area (Å²) in [6, 6.07) is 8.66. The second-order valence-electron chi connectivity index (χ2n) is 6.13. The molecule has 0 bridgehead atoms. The molecule has 1 fully saturated rings. The largest absolute Gasteiger partial charge is 0.465 e. The summed E-state index contributed by atoms with van der Waals surface area (Å²) in [6.07, 6.45) is 5.89. The van der Waals surface area contributed by atoms with Crippen LogP contribution in [-0.2, 0) is 9.53 Å². The number of ether oxygens (including phenoxy) is 1. The summed E-state index contributed by atoms with van der Waals surface area (Å²) < 4.78 is 4.64. The van der Waals surface area contributed by atoms with Gasteiger partial charge >= 0.3 is 5.97 Å². The highest BCUT2D eigenvalue weighted by Crippen LogP contribution is 2.24. The molecule has 5 nitrogen and oxygen atoms in total. The Hall–Kier alpha value is -2.61. The highest BCUT2D eigenvalue weighted by molar-refractivity contribution is 6.02. The standard InChI is InChI=1S/C19H22N2O3/c1-13-5-3-4-6-17(13)21-18(22)16(12-20)11-14-7-9-15(10-8-14)19(23)24-2/h7-11,13,17H,3-6H2,1-2H3,(H,21,22)/b16-11+/t13-,17+/m0/s1. The van der Waals surface area contributed by atoms with Gasteiger partial charge in [-0.3, -0.25) is 4.79 Å². The third-order valence-corrected chi connectivity index (χ3v) is 4.44. The van der Waals surface area contributed by atoms with Crippen molar-refractivity contribution in [2.24, 2.45) is 5.92 Å². The second-order valence-corrected chi connectivity index (χ2v) is 6.13. The molecule has 24 heavy (non-hydrogen) atoms. The van der Waals surface area contributed by atoms with E-state index in [-0.39, 0.29) is 17.5 Å². The van der Waals surface area contributed by atoms with Crippen molar-refractivity contribution >= 4 is 18.0 Å². The van der Waals surface area contributed by atoms with Crippen molar-refractivity contribution in [3.8, 4) is 6.07 Å². The van der Waals surface area contributed by atoms with E-state index in [1.165, 1.54) is 19.6 Å². The van der Waals surface area contributed by atoms with Crippen molar-refractivity contribution in [2.75, 3.05) is 7.11 Å². The third kappa shape index (κ3) is 4.45. The van der Waals surface area contributed by atoms with Gasteiger partial charge in [-0.25, -0.2) is 4.79 Å². The van der Waals surface area contributed by atoms with Crippen LogP contribution in [0.5, 0.6) is 0 Å². The first kappa shape index (κ1) is 17.7. The molecule has 1 aromatic carbocycles. The van der Waals surface area contributed by atoms with Gasteiger partial charge in [-0.05, 0) is 42.5 Å². The van der Waals surface area contributed by atoms with Gasteiger partial charge in [0, 0.05) is 6.04 Å². The fourth-order valence-corrected chi connectivity index (χ4v) is 2.93. The van der Waals surface area contributed by atoms with Crippen LogP contribution >= 0.6 is 0 Å². The molecule has 0 unspecified atom stereocenters. The Bertz CT molecular complexity index is 671. The Morgan fingerprint density at radius 1 is 1.25 bits per heavy atom. The van der Waals surface area contributed by atoms with E-state index in [1.807, 2.05) is 6.07 Å². The SMILES string of the molecule is COC(=O)c1ccc(/C=C(\C#N)C(=O)N[C@@H]2CCCC[C@@H]2C)cc1. The van der Waals surface area contributed by atoms with Crippen LogP contribution in [0.25, 0.3) is 6.08 Å². The minimum atomic E-state index is -0.421. The predicted octanol–water partition coefficient (Wildman–Crippen LogP) is 3.08. The summed E-state index contributed by atoms with van der Waals surface area (Å²) in [5, 5.41) is 12.3. The first-order chi connectivity index (χ1) is 11.5. The average Bonchev–Trinajstić information content (AvgIpc) is 2.61. The Kier molecular flexibility index (Phi) is 6.14. The number of rotatable bonds is 4. The van der Waals surface area contributed by atoms with E-state index in [9.17, 15) is 14.9 Å². The summed E-state index contributed by atoms with van der Waals surface area (Å²) in [5.41, 5.74) is 1.18. The van der Waals surface area contributed by atoms with Gasteiger partial charge in [0.05, 0.1) is 12.7 Å². The lowest BCUT2D eigenvalue weighted by molar-refractivity contribution is -0.118. The number of nitrogens with one attached hydrogen (secondary N) is 1. The molecule has 126 valence electrons. The van der Waals surface area contributed by atoms with Crippen LogP contribution in [0.3, 0.4) is 0 Å². The van der Waals surface area contributed by atoms with Crippen LogP contribution in [0, 0.1) is 17.2 Å². The van der Waals surface area contributed by atoms with Crippen molar-refractivity contribution in [1.82, 2.24) is 5.32 Å². The lowest BCUT2D eigenvalue weighted by atomic mass is 9.86. The topological polar surface area (TPSA) is 79.2 Å². The molecule has 0 saturated heterocycles. The van der Waals surface area contributed by atoms with E-state index in [0.717, 1.165) is 19.3 Å². The average molecular weight is 326 g/mol. The molecule has 1 aromatic rings. The molecule has 1 aliphatic rings. The number of hydrogen-bond donors (Lipinski definition) is 1. The number of amides is 1. The number of methoxy groups -OCH3 is 1. The van der Waals surface area contributed by atoms with Crippen LogP contribution < -0.4 is 5.32 Å². The van der Waals surface area contributed by atoms with Gasteiger partial charge in [-0.2, -0.15) is 5.26 Å². The highest BCUT2D eigenvalue weighted by Gasteiger charge is 2.24. The Labute approximate surface area is 142 Å². The molecule has 1 N–H and O–H groups in total. The van der Waals surface area contributed by atoms with Crippen molar-refractivity contribution in [3.63, 3.8) is 0 Å². The molecule has 0 heterocycles. The lowest BCUT2D eigenvalue weighted by Gasteiger charge is -2.29. The molecular formula is C19H22N2O3. The molecule has 1 aliphatic carbocycles. The fraction of sp³-hybridized carbons (Fsp3) is 0.421. The van der Waals surface area contributed by atoms with Gasteiger partial charge < -0.3 is 10.1 Å². The fourth-order valence-electron chi connectivity index (χ4n) is 2.93. The van der Waals surface area contributed by atoms with Gasteiger partial charge in [0.2, 0.25) is 0 Å². The maximum absolute atomic E-state index is 12.3. The first-order valence-corrected chi connectivity index (χ1v) is 8.16. The molecule has 5 heteroatoms. The quantitative estimate of drug-likeness (QED) is 0.524. The maximum atomic E-state index is 12.3. The van der Waals surface area contributed by atoms with Crippen molar-refractivity contribution in [3.05, 3.63) is 41.0 Å². The number of nitrogens with zero attached hydrogens (tertiary/aromatic N) is 1. The monoisotopic (exact) mass is 326 g/mol. The predicted molar refractivity (Wildman–Crippen MR) is 90.9 cm³/mol. The molecule has 1 saturated carbocycles. The Morgan fingerprint density at radius 2 is 1.92 bits per heavy atom. The summed E-state index contributed by atoms with van der Waals surface area (Å²) in [6.45, 7) is 2.13. The van der Waals surface area contributed by atoms with Crippen LogP contribution in [0.4, 0.5) is 0 Å². The summed E-state index contributed by atoms with van der Waals surface area (Å²) >= 11 is 0. The molecule has 1 amide bonds. The zero-order valence-electron chi connectivity index (χ0n) is 14.0. The minimum absolute atomic E-state index is 0.0681. The number of nitriles is 1. The summed E-state index contributed by atoms with van der Waals surface area (Å²) in [4.78, 5) is 23.7. The summed E-state index contributed by atoms with van der Waals surface area (Å²) in [7, 11) is 1.32. The lowest BCUT2D eigenvalue weighted by Crippen LogP contribution is -2.41. The van der Waals surface area contributed by atoms with Crippen molar-refractivity contribution in [1.29, 1.82) is 5.26 Å². The van der Waals surface area contributed by atoms with Gasteiger partial charge in [0.15, 0.2) is 0 Å². The molecule has 0 spiro atoms. The van der Waals surface area contributed by atoms with Gasteiger partial charge in [-0.15, -0.1) is 0 Å². The second kappa shape index (κ2) is 8.30. The van der Waals surface area contributed by atoms with Gasteiger partial charge in [-0.1, -0.05) is 31.9 Å². The number of carbonyl (C=O) groups excluding carboxylic acids is 2. The molecule has 0 aromatic heterocycles. The van der Waals surface area contributed by atoms with Crippen LogP contribution in [-0.4, -0.2) is 25.0 Å². The molecule has 0 aliphatic heterocycles. The number of carbonyl (C=O) groups is 2. The van der Waals surface area contributed by atoms with Gasteiger partial charge in [0.25, 0.3) is 5.91 Å². The van der Waals surface area contributed by atoms with Crippen molar-refractivity contribution in [2.45, 2.75) is 38.6 Å². The number of hydrogen-bond acceptors (Lipinski definition) is 4. The molecule has 0 radical (unpaired) electrons. The Balaban J connectivity index is 2.09. The van der Waals surface area contributed by atoms with E-state index in [1.54, 1.807) is 24.3 Å². The highest BCUT2D eigenvalue weighted by atomic mass is 16.5. The van der Waals surface area contributed by atoms with Crippen LogP contribution in [0.1, 0.15) is 48.5 Å². The molecule has 2 rings (SSSR count). The normalized spacial score (nSPS) is 20.8. The van der Waals surface area contributed by atoms with E-state index in [0.29, 0.717) is 17.0 Å².